The van der Waals surface area contributed by atoms with E-state index < -0.39 is 46.4 Å². The van der Waals surface area contributed by atoms with Gasteiger partial charge in [0.15, 0.2) is 0 Å². The number of carbonyl (C=O) groups is 2. The van der Waals surface area contributed by atoms with Crippen LogP contribution >= 0.6 is 0 Å². The Morgan fingerprint density at radius 2 is 1.92 bits per heavy atom. The highest BCUT2D eigenvalue weighted by molar-refractivity contribution is 5.88. The van der Waals surface area contributed by atoms with Crippen molar-refractivity contribution in [2.75, 3.05) is 7.11 Å². The highest BCUT2D eigenvalue weighted by atomic mass is 19.4. The van der Waals surface area contributed by atoms with Gasteiger partial charge < -0.3 is 10.1 Å². The summed E-state index contributed by atoms with van der Waals surface area (Å²) < 4.78 is 55.0. The lowest BCUT2D eigenvalue weighted by atomic mass is 9.92. The molecule has 1 aromatic rings. The minimum Gasteiger partial charge on any atom is -0.467 e. The number of ether oxygens (including phenoxy) is 1. The minimum atomic E-state index is -5.23. The number of halogens is 4. The van der Waals surface area contributed by atoms with Gasteiger partial charge in [-0.25, -0.2) is 4.79 Å². The van der Waals surface area contributed by atoms with Crippen LogP contribution in [0.2, 0.25) is 0 Å². The van der Waals surface area contributed by atoms with Crippen molar-refractivity contribution in [1.29, 1.82) is 0 Å². The van der Waals surface area contributed by atoms with Gasteiger partial charge in [-0.2, -0.15) is 17.6 Å². The fourth-order valence-electron chi connectivity index (χ4n) is 1.88. The molecule has 7 nitrogen and oxygen atoms in total. The van der Waals surface area contributed by atoms with Crippen molar-refractivity contribution in [3.8, 4) is 0 Å². The van der Waals surface area contributed by atoms with Gasteiger partial charge in [0.2, 0.25) is 5.82 Å². The number of nitro groups is 1. The fourth-order valence-corrected chi connectivity index (χ4v) is 1.88. The smallest absolute Gasteiger partial charge is 0.467 e. The summed E-state index contributed by atoms with van der Waals surface area (Å²) in [7, 11) is 0.901. The Kier molecular flexibility index (Phi) is 5.83. The number of benzene rings is 1. The molecule has 0 bridgehead atoms. The second-order valence-corrected chi connectivity index (χ2v) is 4.73. The first kappa shape index (κ1) is 19.3. The molecule has 1 amide bonds. The Balaban J connectivity index is 3.15. The summed E-state index contributed by atoms with van der Waals surface area (Å²) in [6, 6.07) is 0.825. The van der Waals surface area contributed by atoms with Gasteiger partial charge in [0.05, 0.1) is 12.0 Å². The molecule has 0 aliphatic heterocycles. The lowest BCUT2D eigenvalue weighted by Crippen LogP contribution is -2.49. The lowest BCUT2D eigenvalue weighted by Gasteiger charge is -2.23. The molecule has 0 saturated carbocycles. The number of nitrogens with zero attached hydrogens (tertiary/aromatic N) is 1. The van der Waals surface area contributed by atoms with Crippen molar-refractivity contribution in [3.63, 3.8) is 0 Å². The molecule has 24 heavy (non-hydrogen) atoms. The van der Waals surface area contributed by atoms with Crippen molar-refractivity contribution in [3.05, 3.63) is 39.7 Å². The number of amides is 1. The minimum absolute atomic E-state index is 0.0315. The second kappa shape index (κ2) is 7.23. The Labute approximate surface area is 132 Å². The Morgan fingerprint density at radius 1 is 1.33 bits per heavy atom. The van der Waals surface area contributed by atoms with Crippen LogP contribution in [0.15, 0.2) is 18.2 Å². The van der Waals surface area contributed by atoms with Gasteiger partial charge in [-0.3, -0.25) is 14.9 Å². The van der Waals surface area contributed by atoms with E-state index in [9.17, 15) is 37.3 Å². The molecule has 0 radical (unpaired) electrons. The molecular weight excluding hydrogens is 340 g/mol. The van der Waals surface area contributed by atoms with Gasteiger partial charge in [-0.05, 0) is 11.6 Å². The molecule has 0 aliphatic carbocycles. The van der Waals surface area contributed by atoms with E-state index in [0.717, 1.165) is 19.2 Å². The third kappa shape index (κ3) is 4.40. The molecule has 0 aliphatic rings. The zero-order chi connectivity index (χ0) is 18.7. The first-order valence-corrected chi connectivity index (χ1v) is 6.38. The largest absolute Gasteiger partial charge is 0.471 e. The first-order valence-electron chi connectivity index (χ1n) is 6.38. The van der Waals surface area contributed by atoms with E-state index in [1.807, 2.05) is 0 Å². The predicted molar refractivity (Wildman–Crippen MR) is 71.5 cm³/mol. The summed E-state index contributed by atoms with van der Waals surface area (Å²) in [6.07, 6.45) is -5.23. The number of alkyl halides is 3. The Morgan fingerprint density at radius 3 is 2.33 bits per heavy atom. The molecule has 0 fully saturated rings. The third-order valence-corrected chi connectivity index (χ3v) is 3.19. The lowest BCUT2D eigenvalue weighted by molar-refractivity contribution is -0.387. The number of methoxy groups -OCH3 is 1. The maximum absolute atomic E-state index is 13.6. The van der Waals surface area contributed by atoms with Crippen LogP contribution in [0.3, 0.4) is 0 Å². The van der Waals surface area contributed by atoms with Gasteiger partial charge in [0, 0.05) is 12.0 Å². The van der Waals surface area contributed by atoms with E-state index in [-0.39, 0.29) is 5.56 Å². The van der Waals surface area contributed by atoms with Crippen LogP contribution in [0.5, 0.6) is 0 Å². The average Bonchev–Trinajstić information content (AvgIpc) is 2.49. The molecule has 11 heteroatoms. The van der Waals surface area contributed by atoms with E-state index in [1.54, 1.807) is 0 Å². The number of nitrogens with one attached hydrogen (secondary N) is 1. The molecule has 1 aromatic carbocycles. The highest BCUT2D eigenvalue weighted by Gasteiger charge is 2.42. The van der Waals surface area contributed by atoms with Crippen molar-refractivity contribution < 1.29 is 36.8 Å². The van der Waals surface area contributed by atoms with Gasteiger partial charge in [-0.1, -0.05) is 13.0 Å². The zero-order valence-electron chi connectivity index (χ0n) is 12.4. The average molecular weight is 352 g/mol. The van der Waals surface area contributed by atoms with E-state index >= 15 is 0 Å². The van der Waals surface area contributed by atoms with Gasteiger partial charge in [0.25, 0.3) is 0 Å². The van der Waals surface area contributed by atoms with Crippen LogP contribution in [0.4, 0.5) is 23.2 Å². The topological polar surface area (TPSA) is 98.5 Å². The normalized spacial score (nSPS) is 13.8. The molecule has 0 spiro atoms. The summed E-state index contributed by atoms with van der Waals surface area (Å²) in [5.74, 6) is -5.92. The van der Waals surface area contributed by atoms with Gasteiger partial charge >= 0.3 is 23.7 Å². The maximum atomic E-state index is 13.6. The van der Waals surface area contributed by atoms with Crippen molar-refractivity contribution >= 4 is 17.6 Å². The summed E-state index contributed by atoms with van der Waals surface area (Å²) in [5.41, 5.74) is -0.865. The van der Waals surface area contributed by atoms with Crippen molar-refractivity contribution in [1.82, 2.24) is 5.32 Å². The van der Waals surface area contributed by atoms with E-state index in [1.165, 1.54) is 12.2 Å². The second-order valence-electron chi connectivity index (χ2n) is 4.73. The molecular formula is C13H12F4N2O5. The van der Waals surface area contributed by atoms with E-state index in [2.05, 4.69) is 4.74 Å². The van der Waals surface area contributed by atoms with Crippen LogP contribution in [0.25, 0.3) is 0 Å². The van der Waals surface area contributed by atoms with Crippen LogP contribution in [-0.4, -0.2) is 36.1 Å². The number of nitro benzene ring substituents is 1. The SMILES string of the molecule is COC(=O)[C@H](NC(=O)C(F)(F)F)[C@@H](C)c1ccc([N+](=O)[O-])c(F)c1. The molecule has 132 valence electrons. The number of hydrogen-bond donors (Lipinski definition) is 1. The molecule has 2 atom stereocenters. The quantitative estimate of drug-likeness (QED) is 0.378. The zero-order valence-corrected chi connectivity index (χ0v) is 12.4. The van der Waals surface area contributed by atoms with Gasteiger partial charge in [-0.15, -0.1) is 0 Å². The van der Waals surface area contributed by atoms with E-state index in [4.69, 9.17) is 0 Å². The molecule has 0 heterocycles. The Hall–Kier alpha value is -2.72. The number of esters is 1. The summed E-state index contributed by atoms with van der Waals surface area (Å²) in [5, 5.41) is 12.0. The number of hydrogen-bond acceptors (Lipinski definition) is 5. The monoisotopic (exact) mass is 352 g/mol. The van der Waals surface area contributed by atoms with E-state index in [0.29, 0.717) is 6.07 Å². The molecule has 0 aromatic heterocycles. The fraction of sp³-hybridized carbons (Fsp3) is 0.385. The standard InChI is InChI=1S/C13H12F4N2O5/c1-6(7-3-4-9(19(22)23)8(14)5-7)10(11(20)24-2)18-12(21)13(15,16)17/h3-6,10H,1-2H3,(H,18,21)/t6-,10+/m0/s1. The summed E-state index contributed by atoms with van der Waals surface area (Å²) >= 11 is 0. The first-order chi connectivity index (χ1) is 11.0. The number of carbonyl (C=O) groups excluding carboxylic acids is 2. The van der Waals surface area contributed by atoms with Crippen molar-refractivity contribution in [2.45, 2.75) is 25.1 Å². The highest BCUT2D eigenvalue weighted by Crippen LogP contribution is 2.26. The molecule has 1 rings (SSSR count). The van der Waals surface area contributed by atoms with Crippen LogP contribution < -0.4 is 5.32 Å². The maximum Gasteiger partial charge on any atom is 0.471 e. The summed E-state index contributed by atoms with van der Waals surface area (Å²) in [6.45, 7) is 1.23. The Bertz CT molecular complexity index is 662. The van der Waals surface area contributed by atoms with Crippen LogP contribution in [0, 0.1) is 15.9 Å². The molecule has 1 N–H and O–H groups in total. The van der Waals surface area contributed by atoms with Crippen molar-refractivity contribution in [2.24, 2.45) is 0 Å². The third-order valence-electron chi connectivity index (χ3n) is 3.19. The molecule has 0 unspecified atom stereocenters. The van der Waals surface area contributed by atoms with Crippen LogP contribution in [-0.2, 0) is 14.3 Å². The number of rotatable bonds is 5. The predicted octanol–water partition coefficient (Wildman–Crippen LogP) is 2.06. The van der Waals surface area contributed by atoms with Gasteiger partial charge in [0.1, 0.15) is 6.04 Å². The molecule has 0 saturated heterocycles. The summed E-state index contributed by atoms with van der Waals surface area (Å²) in [4.78, 5) is 32.3. The van der Waals surface area contributed by atoms with Crippen LogP contribution in [0.1, 0.15) is 18.4 Å².